The maximum Gasteiger partial charge on any atom is 0.222 e. The van der Waals surface area contributed by atoms with Gasteiger partial charge in [0.1, 0.15) is 5.82 Å². The monoisotopic (exact) mass is 208 g/mol. The maximum absolute atomic E-state index is 5.61. The fourth-order valence-corrected chi connectivity index (χ4v) is 1.56. The first kappa shape index (κ1) is 11.8. The van der Waals surface area contributed by atoms with E-state index >= 15 is 0 Å². The van der Waals surface area contributed by atoms with Crippen LogP contribution >= 0.6 is 0 Å². The van der Waals surface area contributed by atoms with Crippen LogP contribution in [0.2, 0.25) is 0 Å². The van der Waals surface area contributed by atoms with Gasteiger partial charge in [-0.3, -0.25) is 0 Å². The van der Waals surface area contributed by atoms with E-state index in [-0.39, 0.29) is 5.41 Å². The van der Waals surface area contributed by atoms with E-state index in [0.717, 1.165) is 18.1 Å². The number of nitrogens with two attached hydrogens (primary N) is 1. The lowest BCUT2D eigenvalue weighted by Crippen LogP contribution is -2.30. The van der Waals surface area contributed by atoms with Crippen molar-refractivity contribution in [2.24, 2.45) is 5.41 Å². The van der Waals surface area contributed by atoms with Gasteiger partial charge in [-0.1, -0.05) is 20.8 Å². The SMILES string of the molecule is Cc1cc(N(C)CC(C)(C)C)nc(N)n1. The van der Waals surface area contributed by atoms with Crippen LogP contribution in [0.1, 0.15) is 26.5 Å². The number of nitrogen functional groups attached to an aromatic ring is 1. The van der Waals surface area contributed by atoms with Gasteiger partial charge in [0.2, 0.25) is 5.95 Å². The molecule has 0 spiro atoms. The van der Waals surface area contributed by atoms with E-state index < -0.39 is 0 Å². The van der Waals surface area contributed by atoms with Gasteiger partial charge in [-0.05, 0) is 12.3 Å². The summed E-state index contributed by atoms with van der Waals surface area (Å²) in [5, 5.41) is 0. The van der Waals surface area contributed by atoms with Crippen LogP contribution in [0.5, 0.6) is 0 Å². The van der Waals surface area contributed by atoms with Gasteiger partial charge in [0, 0.05) is 25.4 Å². The Hall–Kier alpha value is -1.32. The van der Waals surface area contributed by atoms with Crippen molar-refractivity contribution < 1.29 is 0 Å². The van der Waals surface area contributed by atoms with Crippen LogP contribution in [0.25, 0.3) is 0 Å². The Morgan fingerprint density at radius 2 is 1.93 bits per heavy atom. The lowest BCUT2D eigenvalue weighted by molar-refractivity contribution is 0.418. The third kappa shape index (κ3) is 3.73. The largest absolute Gasteiger partial charge is 0.368 e. The maximum atomic E-state index is 5.61. The van der Waals surface area contributed by atoms with Gasteiger partial charge in [-0.15, -0.1) is 0 Å². The summed E-state index contributed by atoms with van der Waals surface area (Å²) in [6, 6.07) is 1.95. The van der Waals surface area contributed by atoms with E-state index in [1.807, 2.05) is 20.0 Å². The van der Waals surface area contributed by atoms with Gasteiger partial charge in [0.15, 0.2) is 0 Å². The Morgan fingerprint density at radius 1 is 1.33 bits per heavy atom. The van der Waals surface area contributed by atoms with Crippen LogP contribution < -0.4 is 10.6 Å². The third-order valence-corrected chi connectivity index (χ3v) is 1.96. The molecule has 0 saturated heterocycles. The van der Waals surface area contributed by atoms with Crippen LogP contribution in [0, 0.1) is 12.3 Å². The number of aromatic nitrogens is 2. The van der Waals surface area contributed by atoms with Gasteiger partial charge in [-0.2, -0.15) is 4.98 Å². The lowest BCUT2D eigenvalue weighted by atomic mass is 9.96. The molecule has 0 aliphatic rings. The summed E-state index contributed by atoms with van der Waals surface area (Å²) in [5.41, 5.74) is 6.75. The second-order valence-corrected chi connectivity index (χ2v) is 5.14. The average Bonchev–Trinajstić information content (AvgIpc) is 1.98. The van der Waals surface area contributed by atoms with Crippen molar-refractivity contribution >= 4 is 11.8 Å². The molecule has 0 radical (unpaired) electrons. The van der Waals surface area contributed by atoms with Crippen LogP contribution in [0.3, 0.4) is 0 Å². The fraction of sp³-hybridized carbons (Fsp3) is 0.636. The van der Waals surface area contributed by atoms with Crippen molar-refractivity contribution in [1.82, 2.24) is 9.97 Å². The van der Waals surface area contributed by atoms with Crippen LogP contribution in [0.4, 0.5) is 11.8 Å². The lowest BCUT2D eigenvalue weighted by Gasteiger charge is -2.27. The van der Waals surface area contributed by atoms with Gasteiger partial charge in [-0.25, -0.2) is 4.98 Å². The first-order valence-corrected chi connectivity index (χ1v) is 5.10. The Bertz CT molecular complexity index is 321. The molecule has 0 unspecified atom stereocenters. The van der Waals surface area contributed by atoms with E-state index in [1.165, 1.54) is 0 Å². The molecule has 0 amide bonds. The minimum atomic E-state index is 0.238. The Balaban J connectivity index is 2.86. The van der Waals surface area contributed by atoms with Gasteiger partial charge in [0.25, 0.3) is 0 Å². The zero-order valence-electron chi connectivity index (χ0n) is 10.2. The molecule has 15 heavy (non-hydrogen) atoms. The Labute approximate surface area is 91.5 Å². The molecule has 0 aliphatic heterocycles. The smallest absolute Gasteiger partial charge is 0.222 e. The molecule has 0 aromatic carbocycles. The summed E-state index contributed by atoms with van der Waals surface area (Å²) in [4.78, 5) is 10.4. The number of aryl methyl sites for hydroxylation is 1. The number of rotatable bonds is 2. The Kier molecular flexibility index (Phi) is 3.17. The van der Waals surface area contributed by atoms with Crippen molar-refractivity contribution in [1.29, 1.82) is 0 Å². The quantitative estimate of drug-likeness (QED) is 0.806. The van der Waals surface area contributed by atoms with Crippen LogP contribution in [0.15, 0.2) is 6.07 Å². The number of hydrogen-bond acceptors (Lipinski definition) is 4. The van der Waals surface area contributed by atoms with Gasteiger partial charge in [0.05, 0.1) is 0 Å². The van der Waals surface area contributed by atoms with Gasteiger partial charge >= 0.3 is 0 Å². The average molecular weight is 208 g/mol. The van der Waals surface area contributed by atoms with E-state index in [4.69, 9.17) is 5.73 Å². The van der Waals surface area contributed by atoms with Crippen molar-refractivity contribution in [3.05, 3.63) is 11.8 Å². The molecule has 1 rings (SSSR count). The number of anilines is 2. The predicted molar refractivity (Wildman–Crippen MR) is 63.9 cm³/mol. The van der Waals surface area contributed by atoms with Crippen molar-refractivity contribution in [2.45, 2.75) is 27.7 Å². The molecular weight excluding hydrogens is 188 g/mol. The highest BCUT2D eigenvalue weighted by Gasteiger charge is 2.15. The molecule has 0 saturated carbocycles. The Morgan fingerprint density at radius 3 is 2.40 bits per heavy atom. The minimum Gasteiger partial charge on any atom is -0.368 e. The highest BCUT2D eigenvalue weighted by molar-refractivity contribution is 5.42. The third-order valence-electron chi connectivity index (χ3n) is 1.96. The summed E-state index contributed by atoms with van der Waals surface area (Å²) in [6.07, 6.45) is 0. The predicted octanol–water partition coefficient (Wildman–Crippen LogP) is 1.85. The molecular formula is C11H20N4. The molecule has 0 fully saturated rings. The number of hydrogen-bond donors (Lipinski definition) is 1. The zero-order valence-corrected chi connectivity index (χ0v) is 10.2. The molecule has 1 aromatic heterocycles. The second kappa shape index (κ2) is 4.04. The van der Waals surface area contributed by atoms with E-state index in [1.54, 1.807) is 0 Å². The molecule has 0 bridgehead atoms. The van der Waals surface area contributed by atoms with E-state index in [0.29, 0.717) is 5.95 Å². The standard InChI is InChI=1S/C11H20N4/c1-8-6-9(14-10(12)13-8)15(5)7-11(2,3)4/h6H,7H2,1-5H3,(H2,12,13,14). The summed E-state index contributed by atoms with van der Waals surface area (Å²) in [7, 11) is 2.02. The summed E-state index contributed by atoms with van der Waals surface area (Å²) >= 11 is 0. The molecule has 0 aliphatic carbocycles. The summed E-state index contributed by atoms with van der Waals surface area (Å²) < 4.78 is 0. The van der Waals surface area contributed by atoms with Crippen molar-refractivity contribution in [2.75, 3.05) is 24.2 Å². The molecule has 1 heterocycles. The zero-order chi connectivity index (χ0) is 11.6. The molecule has 4 nitrogen and oxygen atoms in total. The minimum absolute atomic E-state index is 0.238. The first-order chi connectivity index (χ1) is 6.78. The molecule has 1 aromatic rings. The number of nitrogens with zero attached hydrogens (tertiary/aromatic N) is 3. The van der Waals surface area contributed by atoms with E-state index in [2.05, 4.69) is 35.6 Å². The first-order valence-electron chi connectivity index (χ1n) is 5.10. The second-order valence-electron chi connectivity index (χ2n) is 5.14. The molecule has 4 heteroatoms. The van der Waals surface area contributed by atoms with Crippen LogP contribution in [-0.2, 0) is 0 Å². The topological polar surface area (TPSA) is 55.0 Å². The summed E-state index contributed by atoms with van der Waals surface area (Å²) in [6.45, 7) is 9.44. The van der Waals surface area contributed by atoms with E-state index in [9.17, 15) is 0 Å². The van der Waals surface area contributed by atoms with Crippen LogP contribution in [-0.4, -0.2) is 23.6 Å². The fourth-order valence-electron chi connectivity index (χ4n) is 1.56. The molecule has 0 atom stereocenters. The van der Waals surface area contributed by atoms with Crippen molar-refractivity contribution in [3.63, 3.8) is 0 Å². The highest BCUT2D eigenvalue weighted by Crippen LogP contribution is 2.19. The normalized spacial score (nSPS) is 11.5. The molecule has 84 valence electrons. The molecule has 2 N–H and O–H groups in total. The van der Waals surface area contributed by atoms with Gasteiger partial charge < -0.3 is 10.6 Å². The summed E-state index contributed by atoms with van der Waals surface area (Å²) in [5.74, 6) is 1.22. The van der Waals surface area contributed by atoms with Crippen molar-refractivity contribution in [3.8, 4) is 0 Å². The highest BCUT2D eigenvalue weighted by atomic mass is 15.2.